The van der Waals surface area contributed by atoms with E-state index in [1.807, 2.05) is 24.3 Å². The molecule has 3 aromatic rings. The number of rotatable bonds is 11. The second kappa shape index (κ2) is 12.3. The number of nitrogens with zero attached hydrogens (tertiary/aromatic N) is 4. The third-order valence-corrected chi connectivity index (χ3v) is 7.72. The van der Waals surface area contributed by atoms with Gasteiger partial charge in [0.05, 0.1) is 23.6 Å². The number of thioether (sulfide) groups is 1. The first-order chi connectivity index (χ1) is 17.0. The lowest BCUT2D eigenvalue weighted by Crippen LogP contribution is -2.44. The predicted octanol–water partition coefficient (Wildman–Crippen LogP) is 5.03. The second-order valence-electron chi connectivity index (χ2n) is 8.87. The van der Waals surface area contributed by atoms with Crippen molar-refractivity contribution in [1.29, 1.82) is 0 Å². The highest BCUT2D eigenvalue weighted by Gasteiger charge is 2.34. The van der Waals surface area contributed by atoms with Crippen LogP contribution in [0.2, 0.25) is 0 Å². The number of methoxy groups -OCH3 is 1. The van der Waals surface area contributed by atoms with E-state index in [0.717, 1.165) is 47.6 Å². The van der Waals surface area contributed by atoms with Gasteiger partial charge in [-0.1, -0.05) is 0 Å². The molecule has 35 heavy (non-hydrogen) atoms. The summed E-state index contributed by atoms with van der Waals surface area (Å²) in [6.45, 7) is 2.22. The molecule has 1 aliphatic rings. The van der Waals surface area contributed by atoms with Crippen molar-refractivity contribution < 1.29 is 19.0 Å². The quantitative estimate of drug-likeness (QED) is 0.224. The Labute approximate surface area is 209 Å². The van der Waals surface area contributed by atoms with Crippen molar-refractivity contribution in [3.63, 3.8) is 0 Å². The summed E-state index contributed by atoms with van der Waals surface area (Å²) in [4.78, 5) is 26.7. The highest BCUT2D eigenvalue weighted by atomic mass is 32.2. The van der Waals surface area contributed by atoms with Gasteiger partial charge in [0.25, 0.3) is 0 Å². The van der Waals surface area contributed by atoms with E-state index in [1.165, 1.54) is 0 Å². The zero-order valence-electron chi connectivity index (χ0n) is 19.8. The topological polar surface area (TPSA) is 88.4 Å². The lowest BCUT2D eigenvalue weighted by atomic mass is 9.81. The molecule has 9 heteroatoms. The largest absolute Gasteiger partial charge is 0.497 e. The summed E-state index contributed by atoms with van der Waals surface area (Å²) in [6, 6.07) is 9.05. The van der Waals surface area contributed by atoms with Crippen LogP contribution in [0.25, 0.3) is 10.9 Å². The minimum Gasteiger partial charge on any atom is -0.497 e. The van der Waals surface area contributed by atoms with Gasteiger partial charge in [-0.3, -0.25) is 9.78 Å². The van der Waals surface area contributed by atoms with Crippen LogP contribution in [-0.4, -0.2) is 63.4 Å². The Balaban J connectivity index is 1.30. The van der Waals surface area contributed by atoms with E-state index in [9.17, 15) is 9.90 Å². The molecule has 1 saturated heterocycles. The molecule has 1 aliphatic heterocycles. The van der Waals surface area contributed by atoms with Crippen LogP contribution in [0.1, 0.15) is 37.4 Å². The van der Waals surface area contributed by atoms with Crippen LogP contribution in [-0.2, 0) is 4.79 Å². The molecule has 7 nitrogen and oxygen atoms in total. The lowest BCUT2D eigenvalue weighted by Gasteiger charge is -2.36. The number of carboxylic acid groups (broad SMARTS) is 1. The van der Waals surface area contributed by atoms with Gasteiger partial charge < -0.3 is 14.7 Å². The number of hydrogen-bond acceptors (Lipinski definition) is 7. The lowest BCUT2D eigenvalue weighted by molar-refractivity contribution is -0.146. The average Bonchev–Trinajstić information content (AvgIpc) is 2.89. The van der Waals surface area contributed by atoms with E-state index < -0.39 is 18.1 Å². The molecule has 0 spiro atoms. The summed E-state index contributed by atoms with van der Waals surface area (Å²) in [5, 5.41) is 11.6. The average molecular weight is 499 g/mol. The number of pyridine rings is 1. The molecule has 186 valence electrons. The Kier molecular flexibility index (Phi) is 8.87. The molecule has 1 N–H and O–H groups in total. The van der Waals surface area contributed by atoms with Gasteiger partial charge in [0.2, 0.25) is 0 Å². The molecular weight excluding hydrogens is 467 g/mol. The number of carboxylic acids is 1. The fourth-order valence-corrected chi connectivity index (χ4v) is 5.55. The Hall–Kier alpha value is -2.78. The number of piperidine rings is 1. The van der Waals surface area contributed by atoms with Crippen LogP contribution in [0, 0.1) is 11.8 Å². The molecule has 3 heterocycles. The van der Waals surface area contributed by atoms with Crippen molar-refractivity contribution in [3.8, 4) is 5.75 Å². The Morgan fingerprint density at radius 3 is 2.94 bits per heavy atom. The molecule has 0 saturated carbocycles. The third-order valence-electron chi connectivity index (χ3n) is 6.69. The number of alkyl halides is 1. The van der Waals surface area contributed by atoms with Crippen LogP contribution in [0.15, 0.2) is 54.1 Å². The van der Waals surface area contributed by atoms with Gasteiger partial charge in [-0.05, 0) is 80.6 Å². The van der Waals surface area contributed by atoms with Gasteiger partial charge in [-0.2, -0.15) is 0 Å². The normalized spacial score (nSPS) is 19.5. The summed E-state index contributed by atoms with van der Waals surface area (Å²) < 4.78 is 20.7. The molecule has 1 fully saturated rings. The molecule has 0 radical (unpaired) electrons. The highest BCUT2D eigenvalue weighted by molar-refractivity contribution is 7.99. The Morgan fingerprint density at radius 2 is 2.17 bits per heavy atom. The molecule has 0 bridgehead atoms. The van der Waals surface area contributed by atoms with Crippen molar-refractivity contribution in [2.24, 2.45) is 11.8 Å². The van der Waals surface area contributed by atoms with E-state index in [1.54, 1.807) is 43.7 Å². The molecule has 1 unspecified atom stereocenters. The maximum Gasteiger partial charge on any atom is 0.308 e. The van der Waals surface area contributed by atoms with Gasteiger partial charge in [0.1, 0.15) is 18.2 Å². The number of hydrogen-bond donors (Lipinski definition) is 1. The van der Waals surface area contributed by atoms with Crippen LogP contribution in [0.5, 0.6) is 5.75 Å². The first-order valence-electron chi connectivity index (χ1n) is 12.0. The molecule has 4 rings (SSSR count). The van der Waals surface area contributed by atoms with Crippen molar-refractivity contribution in [2.45, 2.75) is 36.9 Å². The maximum atomic E-state index is 15.4. The molecular formula is C26H31FN4O3S. The van der Waals surface area contributed by atoms with E-state index >= 15 is 4.39 Å². The summed E-state index contributed by atoms with van der Waals surface area (Å²) in [7, 11) is 1.58. The summed E-state index contributed by atoms with van der Waals surface area (Å²) in [5.74, 6) is 0.292. The number of benzene rings is 1. The summed E-state index contributed by atoms with van der Waals surface area (Å²) in [6.07, 6.45) is 6.28. The predicted molar refractivity (Wildman–Crippen MR) is 134 cm³/mol. The van der Waals surface area contributed by atoms with Crippen LogP contribution in [0.3, 0.4) is 0 Å². The van der Waals surface area contributed by atoms with E-state index in [2.05, 4.69) is 19.9 Å². The number of aromatic nitrogens is 3. The van der Waals surface area contributed by atoms with E-state index in [0.29, 0.717) is 30.7 Å². The van der Waals surface area contributed by atoms with Gasteiger partial charge in [-0.25, -0.2) is 14.4 Å². The maximum absolute atomic E-state index is 15.4. The van der Waals surface area contributed by atoms with Gasteiger partial charge >= 0.3 is 5.97 Å². The summed E-state index contributed by atoms with van der Waals surface area (Å²) >= 11 is 1.68. The number of ether oxygens (including phenoxy) is 1. The van der Waals surface area contributed by atoms with Gasteiger partial charge in [0.15, 0.2) is 0 Å². The SMILES string of the molecule is COc1ccc2nccc(C(F)CC[C@@H]3CCN(CCCSc4ccncn4)C[C@@H]3C(=O)O)c2c1. The van der Waals surface area contributed by atoms with Gasteiger partial charge in [0, 0.05) is 30.1 Å². The van der Waals surface area contributed by atoms with E-state index in [4.69, 9.17) is 4.74 Å². The highest BCUT2D eigenvalue weighted by Crippen LogP contribution is 2.35. The number of fused-ring (bicyclic) bond motifs is 1. The number of aliphatic carboxylic acids is 1. The smallest absolute Gasteiger partial charge is 0.308 e. The molecule has 0 aliphatic carbocycles. The van der Waals surface area contributed by atoms with Crippen LogP contribution < -0.4 is 4.74 Å². The Bertz CT molecular complexity index is 1120. The Morgan fingerprint density at radius 1 is 1.29 bits per heavy atom. The minimum atomic E-state index is -1.18. The van der Waals surface area contributed by atoms with Crippen molar-refractivity contribution in [3.05, 3.63) is 54.6 Å². The third kappa shape index (κ3) is 6.67. The molecule has 3 atom stereocenters. The minimum absolute atomic E-state index is 0.0277. The first kappa shape index (κ1) is 25.3. The van der Waals surface area contributed by atoms with Gasteiger partial charge in [-0.15, -0.1) is 11.8 Å². The fourth-order valence-electron chi connectivity index (χ4n) is 4.79. The van der Waals surface area contributed by atoms with Crippen molar-refractivity contribution in [2.75, 3.05) is 32.5 Å². The number of likely N-dealkylation sites (tertiary alicyclic amines) is 1. The molecule has 1 aromatic carbocycles. The number of halogens is 1. The summed E-state index contributed by atoms with van der Waals surface area (Å²) in [5.41, 5.74) is 1.31. The number of carbonyl (C=O) groups is 1. The monoisotopic (exact) mass is 498 g/mol. The standard InChI is InChI=1S/C26H31FN4O3S/c1-34-19-4-6-24-21(15-19)20(7-11-29-24)23(27)5-3-18-9-13-31(16-22(18)26(32)33)12-2-14-35-25-8-10-28-17-30-25/h4,6-8,10-11,15,17-18,22-23H,2-3,5,9,12-14,16H2,1H3,(H,32,33)/t18-,22+,23?/m1/s1. The zero-order chi connectivity index (χ0) is 24.6. The first-order valence-corrected chi connectivity index (χ1v) is 12.9. The molecule has 0 amide bonds. The van der Waals surface area contributed by atoms with Crippen molar-refractivity contribution in [1.82, 2.24) is 19.9 Å². The van der Waals surface area contributed by atoms with E-state index in [-0.39, 0.29) is 5.92 Å². The zero-order valence-corrected chi connectivity index (χ0v) is 20.7. The molecule has 2 aromatic heterocycles. The fraction of sp³-hybridized carbons (Fsp3) is 0.462. The second-order valence-corrected chi connectivity index (χ2v) is 9.99. The van der Waals surface area contributed by atoms with Crippen LogP contribution in [0.4, 0.5) is 4.39 Å². The van der Waals surface area contributed by atoms with Crippen molar-refractivity contribution >= 4 is 28.6 Å². The van der Waals surface area contributed by atoms with Crippen LogP contribution >= 0.6 is 11.8 Å².